The van der Waals surface area contributed by atoms with E-state index in [1.807, 2.05) is 0 Å². The van der Waals surface area contributed by atoms with Gasteiger partial charge in [-0.05, 0) is 18.6 Å². The third kappa shape index (κ3) is 3.54. The highest BCUT2D eigenvalue weighted by molar-refractivity contribution is 9.10. The zero-order valence-electron chi connectivity index (χ0n) is 9.50. The topological polar surface area (TPSA) is 43.4 Å². The summed E-state index contributed by atoms with van der Waals surface area (Å²) in [5, 5.41) is -0.634. The van der Waals surface area contributed by atoms with Gasteiger partial charge in [0.1, 0.15) is 0 Å². The number of benzene rings is 1. The Kier molecular flexibility index (Phi) is 5.15. The van der Waals surface area contributed by atoms with Gasteiger partial charge in [-0.2, -0.15) is 0 Å². The first-order valence-electron chi connectivity index (χ1n) is 4.99. The number of hydrogen-bond acceptors (Lipinski definition) is 3. The van der Waals surface area contributed by atoms with Gasteiger partial charge in [-0.3, -0.25) is 9.59 Å². The van der Waals surface area contributed by atoms with E-state index in [1.165, 1.54) is 7.11 Å². The Morgan fingerprint density at radius 1 is 1.47 bits per heavy atom. The summed E-state index contributed by atoms with van der Waals surface area (Å²) in [6.45, 7) is 1.60. The molecule has 1 atom stereocenters. The Balaban J connectivity index is 3.17. The van der Waals surface area contributed by atoms with Gasteiger partial charge < -0.3 is 4.74 Å². The van der Waals surface area contributed by atoms with Crippen molar-refractivity contribution in [2.24, 2.45) is 0 Å². The molecule has 17 heavy (non-hydrogen) atoms. The number of carbonyl (C=O) groups excluding carboxylic acids is 2. The van der Waals surface area contributed by atoms with Crippen molar-refractivity contribution in [3.05, 3.63) is 33.8 Å². The van der Waals surface area contributed by atoms with E-state index in [2.05, 4.69) is 20.7 Å². The lowest BCUT2D eigenvalue weighted by atomic mass is 9.99. The third-order valence-electron chi connectivity index (χ3n) is 2.27. The van der Waals surface area contributed by atoms with Crippen LogP contribution in [-0.2, 0) is 16.0 Å². The second-order valence-electron chi connectivity index (χ2n) is 3.51. The number of methoxy groups -OCH3 is 1. The molecule has 1 rings (SSSR count). The fourth-order valence-electron chi connectivity index (χ4n) is 1.42. The van der Waals surface area contributed by atoms with Crippen LogP contribution < -0.4 is 0 Å². The average molecular weight is 320 g/mol. The minimum absolute atomic E-state index is 0.0562. The summed E-state index contributed by atoms with van der Waals surface area (Å²) in [4.78, 5) is 23.2. The quantitative estimate of drug-likeness (QED) is 0.487. The van der Waals surface area contributed by atoms with Crippen molar-refractivity contribution in [2.45, 2.75) is 18.7 Å². The molecule has 0 aliphatic rings. The molecule has 1 aromatic rings. The van der Waals surface area contributed by atoms with Gasteiger partial charge in [-0.1, -0.05) is 28.1 Å². The molecule has 0 heterocycles. The molecule has 0 N–H and O–H groups in total. The number of halogens is 2. The van der Waals surface area contributed by atoms with Crippen molar-refractivity contribution in [1.29, 1.82) is 0 Å². The highest BCUT2D eigenvalue weighted by Crippen LogP contribution is 2.24. The lowest BCUT2D eigenvalue weighted by Gasteiger charge is -2.11. The van der Waals surface area contributed by atoms with E-state index in [9.17, 15) is 9.59 Å². The molecule has 0 aromatic heterocycles. The maximum atomic E-state index is 11.9. The van der Waals surface area contributed by atoms with Gasteiger partial charge in [0.25, 0.3) is 0 Å². The number of rotatable bonds is 4. The summed E-state index contributed by atoms with van der Waals surface area (Å²) in [6.07, 6.45) is 0.0562. The summed E-state index contributed by atoms with van der Waals surface area (Å²) in [6, 6.07) is 5.22. The molecule has 0 bridgehead atoms. The van der Waals surface area contributed by atoms with Crippen LogP contribution in [0.5, 0.6) is 0 Å². The molecule has 1 unspecified atom stereocenters. The number of Topliss-reactive ketones (excluding diaryl/α,β-unsaturated/α-hetero) is 1. The molecule has 92 valence electrons. The zero-order chi connectivity index (χ0) is 13.0. The largest absolute Gasteiger partial charge is 0.469 e. The zero-order valence-corrected chi connectivity index (χ0v) is 11.8. The third-order valence-corrected chi connectivity index (χ3v) is 3.13. The Morgan fingerprint density at radius 3 is 2.65 bits per heavy atom. The van der Waals surface area contributed by atoms with Gasteiger partial charge in [0.05, 0.1) is 18.9 Å². The Labute approximate surface area is 113 Å². The number of ether oxygens (including phenoxy) is 1. The van der Waals surface area contributed by atoms with Crippen molar-refractivity contribution in [3.8, 4) is 0 Å². The average Bonchev–Trinajstić information content (AvgIpc) is 2.28. The number of carbonyl (C=O) groups is 2. The van der Waals surface area contributed by atoms with Gasteiger partial charge in [-0.15, -0.1) is 11.6 Å². The van der Waals surface area contributed by atoms with Crippen LogP contribution in [0.2, 0.25) is 0 Å². The number of hydrogen-bond donors (Lipinski definition) is 0. The molecule has 0 radical (unpaired) electrons. The van der Waals surface area contributed by atoms with Crippen molar-refractivity contribution in [1.82, 2.24) is 0 Å². The van der Waals surface area contributed by atoms with Crippen LogP contribution in [0.25, 0.3) is 0 Å². The van der Waals surface area contributed by atoms with Gasteiger partial charge in [0.15, 0.2) is 5.78 Å². The van der Waals surface area contributed by atoms with Crippen molar-refractivity contribution < 1.29 is 14.3 Å². The fraction of sp³-hybridized carbons (Fsp3) is 0.333. The lowest BCUT2D eigenvalue weighted by molar-refractivity contribution is -0.139. The summed E-state index contributed by atoms with van der Waals surface area (Å²) >= 11 is 9.09. The summed E-state index contributed by atoms with van der Waals surface area (Å²) < 4.78 is 5.23. The monoisotopic (exact) mass is 318 g/mol. The normalized spacial score (nSPS) is 12.0. The highest BCUT2D eigenvalue weighted by Gasteiger charge is 2.20. The van der Waals surface area contributed by atoms with E-state index in [4.69, 9.17) is 11.6 Å². The van der Waals surface area contributed by atoms with E-state index in [0.717, 1.165) is 0 Å². The standard InChI is InChI=1S/C12H12BrClO3/c1-7(14)12(16)11-8(6-10(15)17-2)4-3-5-9(11)13/h3-5,7H,6H2,1-2H3. The summed E-state index contributed by atoms with van der Waals surface area (Å²) in [5.74, 6) is -0.600. The highest BCUT2D eigenvalue weighted by atomic mass is 79.9. The second kappa shape index (κ2) is 6.17. The minimum Gasteiger partial charge on any atom is -0.469 e. The Bertz CT molecular complexity index is 443. The van der Waals surface area contributed by atoms with Crippen LogP contribution in [0.1, 0.15) is 22.8 Å². The molecule has 0 saturated heterocycles. The molecule has 0 fully saturated rings. The maximum Gasteiger partial charge on any atom is 0.310 e. The second-order valence-corrected chi connectivity index (χ2v) is 5.02. The van der Waals surface area contributed by atoms with Crippen molar-refractivity contribution >= 4 is 39.3 Å². The van der Waals surface area contributed by atoms with E-state index in [0.29, 0.717) is 15.6 Å². The molecular weight excluding hydrogens is 307 g/mol. The van der Waals surface area contributed by atoms with Crippen LogP contribution in [0, 0.1) is 0 Å². The molecule has 3 nitrogen and oxygen atoms in total. The maximum absolute atomic E-state index is 11.9. The van der Waals surface area contributed by atoms with E-state index < -0.39 is 5.38 Å². The van der Waals surface area contributed by atoms with Crippen LogP contribution in [0.4, 0.5) is 0 Å². The first kappa shape index (κ1) is 14.2. The van der Waals surface area contributed by atoms with E-state index in [1.54, 1.807) is 25.1 Å². The molecule has 5 heteroatoms. The van der Waals surface area contributed by atoms with Crippen LogP contribution in [0.15, 0.2) is 22.7 Å². The van der Waals surface area contributed by atoms with E-state index in [-0.39, 0.29) is 18.2 Å². The molecule has 0 aliphatic carbocycles. The van der Waals surface area contributed by atoms with Crippen molar-refractivity contribution in [3.63, 3.8) is 0 Å². The fourth-order valence-corrected chi connectivity index (χ4v) is 2.13. The predicted molar refractivity (Wildman–Crippen MR) is 69.5 cm³/mol. The van der Waals surface area contributed by atoms with E-state index >= 15 is 0 Å². The van der Waals surface area contributed by atoms with Crippen LogP contribution >= 0.6 is 27.5 Å². The van der Waals surface area contributed by atoms with Gasteiger partial charge in [-0.25, -0.2) is 0 Å². The van der Waals surface area contributed by atoms with Crippen molar-refractivity contribution in [2.75, 3.05) is 7.11 Å². The number of alkyl halides is 1. The molecule has 0 aliphatic heterocycles. The minimum atomic E-state index is -0.634. The molecule has 0 spiro atoms. The Morgan fingerprint density at radius 2 is 2.12 bits per heavy atom. The van der Waals surface area contributed by atoms with Gasteiger partial charge >= 0.3 is 5.97 Å². The van der Waals surface area contributed by atoms with Crippen LogP contribution in [-0.4, -0.2) is 24.2 Å². The first-order chi connectivity index (χ1) is 7.97. The summed E-state index contributed by atoms with van der Waals surface area (Å²) in [7, 11) is 1.31. The summed E-state index contributed by atoms with van der Waals surface area (Å²) in [5.41, 5.74) is 1.06. The predicted octanol–water partition coefficient (Wildman–Crippen LogP) is 2.97. The molecule has 0 saturated carbocycles. The first-order valence-corrected chi connectivity index (χ1v) is 6.22. The van der Waals surface area contributed by atoms with Gasteiger partial charge in [0, 0.05) is 10.0 Å². The molecule has 1 aromatic carbocycles. The molecular formula is C12H12BrClO3. The smallest absolute Gasteiger partial charge is 0.310 e. The number of esters is 1. The SMILES string of the molecule is COC(=O)Cc1cccc(Br)c1C(=O)C(C)Cl. The molecule has 0 amide bonds. The van der Waals surface area contributed by atoms with Gasteiger partial charge in [0.2, 0.25) is 0 Å². The van der Waals surface area contributed by atoms with Crippen LogP contribution in [0.3, 0.4) is 0 Å². The lowest BCUT2D eigenvalue weighted by Crippen LogP contribution is -2.16. The number of ketones is 1. The Hall–Kier alpha value is -0.870.